The molecule has 1 aromatic carbocycles. The molecule has 1 aliphatic heterocycles. The number of hydrogen-bond acceptors (Lipinski definition) is 5. The van der Waals surface area contributed by atoms with Gasteiger partial charge in [0.25, 0.3) is 5.91 Å². The Balaban J connectivity index is 1.67. The highest BCUT2D eigenvalue weighted by Gasteiger charge is 2.40. The summed E-state index contributed by atoms with van der Waals surface area (Å²) < 4.78 is 31.7. The van der Waals surface area contributed by atoms with Gasteiger partial charge >= 0.3 is 0 Å². The summed E-state index contributed by atoms with van der Waals surface area (Å²) in [5, 5.41) is 3.18. The molecule has 1 heterocycles. The maximum absolute atomic E-state index is 12.8. The summed E-state index contributed by atoms with van der Waals surface area (Å²) in [6, 6.07) is 7.16. The molecule has 0 radical (unpaired) electrons. The van der Waals surface area contributed by atoms with E-state index >= 15 is 0 Å². The second-order valence-corrected chi connectivity index (χ2v) is 10.8. The van der Waals surface area contributed by atoms with Gasteiger partial charge in [0.1, 0.15) is 5.75 Å². The van der Waals surface area contributed by atoms with E-state index in [4.69, 9.17) is 4.74 Å². The molecule has 0 bridgehead atoms. The summed E-state index contributed by atoms with van der Waals surface area (Å²) in [6.07, 6.45) is 7.45. The van der Waals surface area contributed by atoms with Gasteiger partial charge in [-0.25, -0.2) is 8.42 Å². The Labute approximate surface area is 187 Å². The number of piperazine rings is 1. The molecule has 0 unspecified atom stereocenters. The van der Waals surface area contributed by atoms with Crippen LogP contribution < -0.4 is 10.1 Å². The van der Waals surface area contributed by atoms with Crippen LogP contribution in [-0.4, -0.2) is 74.7 Å². The summed E-state index contributed by atoms with van der Waals surface area (Å²) >= 11 is 0. The van der Waals surface area contributed by atoms with E-state index in [0.29, 0.717) is 31.6 Å². The van der Waals surface area contributed by atoms with Crippen molar-refractivity contribution in [1.29, 1.82) is 0 Å². The molecule has 1 saturated carbocycles. The van der Waals surface area contributed by atoms with E-state index in [9.17, 15) is 13.2 Å². The number of sulfonamides is 1. The number of carbonyl (C=O) groups is 1. The summed E-state index contributed by atoms with van der Waals surface area (Å²) in [4.78, 5) is 15.2. The van der Waals surface area contributed by atoms with Crippen molar-refractivity contribution < 1.29 is 17.9 Å². The topological polar surface area (TPSA) is 79.0 Å². The first-order chi connectivity index (χ1) is 14.9. The third kappa shape index (κ3) is 5.99. The summed E-state index contributed by atoms with van der Waals surface area (Å²) in [5.41, 5.74) is 0.527. The van der Waals surface area contributed by atoms with E-state index in [1.54, 1.807) is 35.7 Å². The van der Waals surface area contributed by atoms with E-state index in [-0.39, 0.29) is 17.2 Å². The molecule has 1 aromatic rings. The molecule has 0 atom stereocenters. The minimum Gasteiger partial charge on any atom is -0.497 e. The van der Waals surface area contributed by atoms with Crippen LogP contribution in [0.1, 0.15) is 62.2 Å². The van der Waals surface area contributed by atoms with E-state index in [1.807, 2.05) is 6.92 Å². The Bertz CT molecular complexity index is 810. The van der Waals surface area contributed by atoms with Crippen LogP contribution in [-0.2, 0) is 10.0 Å². The molecule has 174 valence electrons. The Kier molecular flexibility index (Phi) is 8.36. The van der Waals surface area contributed by atoms with E-state index in [1.165, 1.54) is 12.8 Å². The predicted octanol–water partition coefficient (Wildman–Crippen LogP) is 2.88. The number of benzene rings is 1. The molecular weight excluding hydrogens is 414 g/mol. The summed E-state index contributed by atoms with van der Waals surface area (Å²) in [6.45, 7) is 5.02. The molecule has 8 heteroatoms. The van der Waals surface area contributed by atoms with Crippen LogP contribution in [0.3, 0.4) is 0 Å². The maximum Gasteiger partial charge on any atom is 0.251 e. The molecule has 7 nitrogen and oxygen atoms in total. The Morgan fingerprint density at radius 2 is 1.65 bits per heavy atom. The molecule has 0 spiro atoms. The SMILES string of the molecule is CCCS(=O)(=O)N1CCN(C2(CNC(=O)c3ccc(OC)cc3)CCCCCC2)CC1. The van der Waals surface area contributed by atoms with Crippen molar-refractivity contribution in [2.75, 3.05) is 45.6 Å². The molecule has 0 aromatic heterocycles. The molecule has 1 N–H and O–H groups in total. The van der Waals surface area contributed by atoms with Crippen molar-refractivity contribution >= 4 is 15.9 Å². The molecule has 2 aliphatic rings. The number of ether oxygens (including phenoxy) is 1. The third-order valence-electron chi connectivity index (χ3n) is 6.73. The zero-order chi connectivity index (χ0) is 22.3. The highest BCUT2D eigenvalue weighted by molar-refractivity contribution is 7.89. The van der Waals surface area contributed by atoms with Gasteiger partial charge in [0, 0.05) is 43.8 Å². The van der Waals surface area contributed by atoms with Crippen molar-refractivity contribution in [3.05, 3.63) is 29.8 Å². The molecule has 31 heavy (non-hydrogen) atoms. The number of rotatable bonds is 8. The van der Waals surface area contributed by atoms with Gasteiger partial charge in [-0.15, -0.1) is 0 Å². The molecule has 3 rings (SSSR count). The van der Waals surface area contributed by atoms with Gasteiger partial charge in [0.05, 0.1) is 12.9 Å². The number of methoxy groups -OCH3 is 1. The van der Waals surface area contributed by atoms with E-state index in [0.717, 1.165) is 44.5 Å². The smallest absolute Gasteiger partial charge is 0.251 e. The van der Waals surface area contributed by atoms with Crippen molar-refractivity contribution in [1.82, 2.24) is 14.5 Å². The van der Waals surface area contributed by atoms with Gasteiger partial charge in [-0.05, 0) is 43.5 Å². The lowest BCUT2D eigenvalue weighted by molar-refractivity contribution is 0.0391. The van der Waals surface area contributed by atoms with Crippen LogP contribution in [0.5, 0.6) is 5.75 Å². The van der Waals surface area contributed by atoms with Crippen LogP contribution >= 0.6 is 0 Å². The molecule has 1 aliphatic carbocycles. The summed E-state index contributed by atoms with van der Waals surface area (Å²) in [5.74, 6) is 0.874. The van der Waals surface area contributed by atoms with Gasteiger partial charge in [0.2, 0.25) is 10.0 Å². The average molecular weight is 452 g/mol. The fourth-order valence-corrected chi connectivity index (χ4v) is 6.40. The number of carbonyl (C=O) groups excluding carboxylic acids is 1. The van der Waals surface area contributed by atoms with Crippen molar-refractivity contribution in [2.45, 2.75) is 57.4 Å². The number of nitrogens with zero attached hydrogens (tertiary/aromatic N) is 2. The van der Waals surface area contributed by atoms with Crippen molar-refractivity contribution in [2.24, 2.45) is 0 Å². The highest BCUT2D eigenvalue weighted by atomic mass is 32.2. The van der Waals surface area contributed by atoms with E-state index in [2.05, 4.69) is 10.2 Å². The first-order valence-corrected chi connectivity index (χ1v) is 13.2. The first kappa shape index (κ1) is 24.0. The van der Waals surface area contributed by atoms with Crippen LogP contribution in [0.25, 0.3) is 0 Å². The van der Waals surface area contributed by atoms with Gasteiger partial charge in [-0.2, -0.15) is 4.31 Å². The maximum atomic E-state index is 12.8. The standard InChI is InChI=1S/C23H37N3O4S/c1-3-18-31(28,29)26-16-14-25(15-17-26)23(12-6-4-5-7-13-23)19-24-22(27)20-8-10-21(30-2)11-9-20/h8-11H,3-7,12-19H2,1-2H3,(H,24,27). The van der Waals surface area contributed by atoms with Crippen molar-refractivity contribution in [3.8, 4) is 5.75 Å². The largest absolute Gasteiger partial charge is 0.497 e. The lowest BCUT2D eigenvalue weighted by Crippen LogP contribution is -2.61. The summed E-state index contributed by atoms with van der Waals surface area (Å²) in [7, 11) is -1.55. The van der Waals surface area contributed by atoms with Crippen LogP contribution in [0.4, 0.5) is 0 Å². The van der Waals surface area contributed by atoms with Crippen molar-refractivity contribution in [3.63, 3.8) is 0 Å². The number of amides is 1. The second-order valence-electron chi connectivity index (χ2n) is 8.75. The van der Waals surface area contributed by atoms with Gasteiger partial charge in [-0.1, -0.05) is 32.6 Å². The molecule has 2 fully saturated rings. The van der Waals surface area contributed by atoms with Crippen LogP contribution in [0.2, 0.25) is 0 Å². The molecule has 1 saturated heterocycles. The normalized spacial score (nSPS) is 20.7. The van der Waals surface area contributed by atoms with E-state index < -0.39 is 10.0 Å². The molecule has 1 amide bonds. The predicted molar refractivity (Wildman–Crippen MR) is 123 cm³/mol. The lowest BCUT2D eigenvalue weighted by Gasteiger charge is -2.47. The average Bonchev–Trinajstić information content (AvgIpc) is 3.04. The fraction of sp³-hybridized carbons (Fsp3) is 0.696. The Morgan fingerprint density at radius 3 is 2.19 bits per heavy atom. The zero-order valence-corrected chi connectivity index (χ0v) is 19.8. The third-order valence-corrected chi connectivity index (χ3v) is 8.81. The number of nitrogens with one attached hydrogen (secondary N) is 1. The number of hydrogen-bond donors (Lipinski definition) is 1. The van der Waals surface area contributed by atoms with Gasteiger partial charge in [-0.3, -0.25) is 9.69 Å². The van der Waals surface area contributed by atoms with Crippen LogP contribution in [0.15, 0.2) is 24.3 Å². The Morgan fingerprint density at radius 1 is 1.03 bits per heavy atom. The minimum atomic E-state index is -3.16. The van der Waals surface area contributed by atoms with Crippen LogP contribution in [0, 0.1) is 0 Å². The first-order valence-electron chi connectivity index (χ1n) is 11.6. The second kappa shape index (κ2) is 10.8. The highest BCUT2D eigenvalue weighted by Crippen LogP contribution is 2.33. The van der Waals surface area contributed by atoms with Gasteiger partial charge in [0.15, 0.2) is 0 Å². The van der Waals surface area contributed by atoms with Gasteiger partial charge < -0.3 is 10.1 Å². The monoisotopic (exact) mass is 451 g/mol. The minimum absolute atomic E-state index is 0.0737. The fourth-order valence-electron chi connectivity index (χ4n) is 4.91. The Hall–Kier alpha value is -1.64. The molecular formula is C23H37N3O4S. The lowest BCUT2D eigenvalue weighted by atomic mass is 9.87. The zero-order valence-electron chi connectivity index (χ0n) is 18.9. The quantitative estimate of drug-likeness (QED) is 0.615.